The molecule has 15 nitrogen and oxygen atoms in total. The van der Waals surface area contributed by atoms with Gasteiger partial charge in [0.2, 0.25) is 5.28 Å². The molecule has 5 N–H and O–H groups in total. The van der Waals surface area contributed by atoms with Gasteiger partial charge < -0.3 is 25.8 Å². The summed E-state index contributed by atoms with van der Waals surface area (Å²) >= 11 is 7.59. The summed E-state index contributed by atoms with van der Waals surface area (Å²) in [7, 11) is -4.40. The number of nitrogens with two attached hydrogens (primary N) is 1. The van der Waals surface area contributed by atoms with Crippen molar-refractivity contribution in [2.45, 2.75) is 52.3 Å². The first-order valence-corrected chi connectivity index (χ1v) is 17.1. The van der Waals surface area contributed by atoms with Crippen molar-refractivity contribution in [2.75, 3.05) is 50.3 Å². The van der Waals surface area contributed by atoms with Crippen LogP contribution in [0.15, 0.2) is 6.33 Å². The summed E-state index contributed by atoms with van der Waals surface area (Å²) in [5.74, 6) is 0.0346. The molecule has 2 aromatic heterocycles. The molecule has 1 saturated heterocycles. The number of thioether (sulfide) groups is 2. The summed E-state index contributed by atoms with van der Waals surface area (Å²) < 4.78 is 51.7. The van der Waals surface area contributed by atoms with E-state index in [-0.39, 0.29) is 70.4 Å². The van der Waals surface area contributed by atoms with Crippen LogP contribution in [-0.4, -0.2) is 108 Å². The molecule has 0 amide bonds. The molecule has 0 bridgehead atoms. The van der Waals surface area contributed by atoms with E-state index in [4.69, 9.17) is 35.6 Å². The number of anilines is 1. The SMILES string of the molecule is CC(C)(CO)C(=O)SCCOP(=O)(OCCSC(=O)C(C)(C)CO)OC[C@H]1O[C@@H](n2cnc3c(N)nc(Cl)nc32)[C@H](F)C1O. The number of phosphoric ester groups is 1. The minimum absolute atomic E-state index is 0.0370. The molecule has 3 heterocycles. The second kappa shape index (κ2) is 15.4. The summed E-state index contributed by atoms with van der Waals surface area (Å²) in [6, 6.07) is 0. The monoisotopic (exact) mass is 703 g/mol. The number of aromatic nitrogens is 4. The van der Waals surface area contributed by atoms with Gasteiger partial charge in [-0.1, -0.05) is 23.5 Å². The predicted octanol–water partition coefficient (Wildman–Crippen LogP) is 2.37. The van der Waals surface area contributed by atoms with Gasteiger partial charge in [0.25, 0.3) is 0 Å². The second-order valence-electron chi connectivity index (χ2n) is 11.0. The van der Waals surface area contributed by atoms with E-state index in [1.165, 1.54) is 10.9 Å². The van der Waals surface area contributed by atoms with Gasteiger partial charge in [-0.15, -0.1) is 0 Å². The van der Waals surface area contributed by atoms with Crippen LogP contribution in [0.3, 0.4) is 0 Å². The number of alkyl halides is 1. The van der Waals surface area contributed by atoms with Gasteiger partial charge in [0.1, 0.15) is 17.7 Å². The van der Waals surface area contributed by atoms with E-state index in [1.807, 2.05) is 0 Å². The number of ether oxygens (including phenoxy) is 1. The standard InChI is InChI=1S/C24H36ClFN5O10PS2/c1-23(2,10-32)20(35)43-7-5-38-42(37,39-6-8-44-21(36)24(3,4)11-33)40-9-13-16(34)14(26)19(41-13)31-12-28-15-17(27)29-22(25)30-18(15)31/h12-14,16,19,32-34H,5-11H2,1-4H3,(H2,27,29,30)/t13-,14-,16?,19-/m1/s1. The Morgan fingerprint density at radius 1 is 1.09 bits per heavy atom. The zero-order valence-corrected chi connectivity index (χ0v) is 27.7. The number of nitrogen functional groups attached to an aromatic ring is 1. The Kier molecular flexibility index (Phi) is 13.0. The number of carbonyl (C=O) groups is 2. The molecular weight excluding hydrogens is 668 g/mol. The minimum Gasteiger partial charge on any atom is -0.395 e. The third-order valence-electron chi connectivity index (χ3n) is 6.41. The predicted molar refractivity (Wildman–Crippen MR) is 162 cm³/mol. The van der Waals surface area contributed by atoms with Gasteiger partial charge in [-0.05, 0) is 39.3 Å². The third kappa shape index (κ3) is 9.09. The van der Waals surface area contributed by atoms with E-state index in [1.54, 1.807) is 27.7 Å². The van der Waals surface area contributed by atoms with Gasteiger partial charge in [-0.3, -0.25) is 27.7 Å². The quantitative estimate of drug-likeness (QED) is 0.112. The zero-order valence-electron chi connectivity index (χ0n) is 24.4. The molecule has 0 aliphatic carbocycles. The van der Waals surface area contributed by atoms with Crippen LogP contribution in [0.1, 0.15) is 33.9 Å². The average molecular weight is 704 g/mol. The first kappa shape index (κ1) is 37.0. The molecule has 20 heteroatoms. The van der Waals surface area contributed by atoms with Crippen LogP contribution >= 0.6 is 42.9 Å². The fraction of sp³-hybridized carbons (Fsp3) is 0.708. The maximum absolute atomic E-state index is 15.2. The molecule has 44 heavy (non-hydrogen) atoms. The van der Waals surface area contributed by atoms with Crippen molar-refractivity contribution < 1.29 is 52.2 Å². The van der Waals surface area contributed by atoms with Gasteiger partial charge in [0.05, 0.1) is 50.2 Å². The third-order valence-corrected chi connectivity index (χ3v) is 10.4. The summed E-state index contributed by atoms with van der Waals surface area (Å²) in [6.45, 7) is 4.36. The Bertz CT molecular complexity index is 1330. The molecule has 1 fully saturated rings. The summed E-state index contributed by atoms with van der Waals surface area (Å²) in [5.41, 5.74) is 4.03. The van der Waals surface area contributed by atoms with Crippen LogP contribution in [0, 0.1) is 10.8 Å². The number of rotatable bonds is 16. The summed E-state index contributed by atoms with van der Waals surface area (Å²) in [4.78, 5) is 36.4. The molecule has 0 spiro atoms. The lowest BCUT2D eigenvalue weighted by Crippen LogP contribution is -2.31. The Morgan fingerprint density at radius 3 is 2.16 bits per heavy atom. The Hall–Kier alpha value is -1.44. The van der Waals surface area contributed by atoms with Crippen LogP contribution in [0.25, 0.3) is 11.2 Å². The Labute approximate surface area is 266 Å². The van der Waals surface area contributed by atoms with Crippen molar-refractivity contribution in [3.05, 3.63) is 11.6 Å². The number of halogens is 2. The highest BCUT2D eigenvalue weighted by atomic mass is 35.5. The number of hydrogen-bond acceptors (Lipinski definition) is 16. The van der Waals surface area contributed by atoms with E-state index < -0.39 is 49.9 Å². The lowest BCUT2D eigenvalue weighted by atomic mass is 9.97. The van der Waals surface area contributed by atoms with Crippen LogP contribution < -0.4 is 5.73 Å². The van der Waals surface area contributed by atoms with Crippen molar-refractivity contribution in [2.24, 2.45) is 10.8 Å². The van der Waals surface area contributed by atoms with Gasteiger partial charge >= 0.3 is 7.82 Å². The van der Waals surface area contributed by atoms with Crippen LogP contribution in [0.4, 0.5) is 10.2 Å². The van der Waals surface area contributed by atoms with E-state index in [0.717, 1.165) is 23.5 Å². The topological polar surface area (TPSA) is 218 Å². The van der Waals surface area contributed by atoms with Gasteiger partial charge in [0, 0.05) is 11.5 Å². The molecule has 1 aliphatic heterocycles. The largest absolute Gasteiger partial charge is 0.474 e. The van der Waals surface area contributed by atoms with Gasteiger partial charge in [0.15, 0.2) is 34.1 Å². The highest BCUT2D eigenvalue weighted by molar-refractivity contribution is 8.14. The van der Waals surface area contributed by atoms with Crippen molar-refractivity contribution in [1.29, 1.82) is 0 Å². The van der Waals surface area contributed by atoms with Crippen molar-refractivity contribution in [3.63, 3.8) is 0 Å². The number of fused-ring (bicyclic) bond motifs is 1. The van der Waals surface area contributed by atoms with E-state index >= 15 is 4.39 Å². The molecule has 2 aromatic rings. The maximum Gasteiger partial charge on any atom is 0.474 e. The highest BCUT2D eigenvalue weighted by Gasteiger charge is 2.47. The smallest absolute Gasteiger partial charge is 0.395 e. The van der Waals surface area contributed by atoms with Gasteiger partial charge in [-0.25, -0.2) is 13.9 Å². The number of aliphatic hydroxyl groups is 3. The molecule has 1 unspecified atom stereocenters. The molecule has 3 rings (SSSR count). The zero-order chi connectivity index (χ0) is 32.9. The summed E-state index contributed by atoms with van der Waals surface area (Å²) in [5, 5.41) is 28.5. The summed E-state index contributed by atoms with van der Waals surface area (Å²) in [6.07, 6.45) is -5.30. The minimum atomic E-state index is -4.40. The second-order valence-corrected chi connectivity index (χ2v) is 15.1. The number of phosphoric acid groups is 1. The lowest BCUT2D eigenvalue weighted by molar-refractivity contribution is -0.120. The fourth-order valence-corrected chi connectivity index (χ4v) is 6.74. The Balaban J connectivity index is 1.66. The molecular formula is C24H36ClFN5O10PS2. The van der Waals surface area contributed by atoms with E-state index in [2.05, 4.69) is 15.0 Å². The van der Waals surface area contributed by atoms with Crippen molar-refractivity contribution >= 4 is 70.2 Å². The van der Waals surface area contributed by atoms with Crippen molar-refractivity contribution in [3.8, 4) is 0 Å². The first-order valence-electron chi connectivity index (χ1n) is 13.3. The maximum atomic E-state index is 15.2. The highest BCUT2D eigenvalue weighted by Crippen LogP contribution is 2.50. The number of nitrogens with zero attached hydrogens (tertiary/aromatic N) is 4. The van der Waals surface area contributed by atoms with E-state index in [9.17, 15) is 29.5 Å². The van der Waals surface area contributed by atoms with Crippen molar-refractivity contribution in [1.82, 2.24) is 19.5 Å². The fourth-order valence-electron chi connectivity index (χ4n) is 3.53. The van der Waals surface area contributed by atoms with E-state index in [0.29, 0.717) is 0 Å². The molecule has 248 valence electrons. The number of hydrogen-bond donors (Lipinski definition) is 4. The molecule has 4 atom stereocenters. The first-order chi connectivity index (χ1) is 20.5. The molecule has 0 aromatic carbocycles. The average Bonchev–Trinajstić information content (AvgIpc) is 3.52. The lowest BCUT2D eigenvalue weighted by Gasteiger charge is -2.22. The van der Waals surface area contributed by atoms with Crippen LogP contribution in [-0.2, 0) is 32.5 Å². The number of imidazole rings is 1. The Morgan fingerprint density at radius 2 is 1.64 bits per heavy atom. The van der Waals surface area contributed by atoms with Crippen LogP contribution in [0.5, 0.6) is 0 Å². The molecule has 1 aliphatic rings. The van der Waals surface area contributed by atoms with Gasteiger partial charge in [-0.2, -0.15) is 9.97 Å². The number of aliphatic hydroxyl groups excluding tert-OH is 3. The molecule has 0 saturated carbocycles. The normalized spacial score (nSPS) is 21.3. The van der Waals surface area contributed by atoms with Crippen LogP contribution in [0.2, 0.25) is 5.28 Å². The number of carbonyl (C=O) groups excluding carboxylic acids is 2. The molecule has 0 radical (unpaired) electrons.